The normalized spacial score (nSPS) is 23.1. The molecule has 4 aliphatic rings. The molecule has 2 heterocycles. The van der Waals surface area contributed by atoms with Crippen molar-refractivity contribution in [3.05, 3.63) is 149 Å². The number of carbonyl (C=O) groups excluding carboxylic acids is 1. The number of nitro benzene ring substituents is 1. The number of hydrogen-bond donors (Lipinski definition) is 2. The number of allylic oxidation sites excluding steroid dienone is 1. The number of hydrogen-bond acceptors (Lipinski definition) is 12. The van der Waals surface area contributed by atoms with Gasteiger partial charge in [0.15, 0.2) is 0 Å². The van der Waals surface area contributed by atoms with Crippen molar-refractivity contribution in [2.45, 2.75) is 82.3 Å². The summed E-state index contributed by atoms with van der Waals surface area (Å²) in [6.45, 7) is 12.0. The lowest BCUT2D eigenvalue weighted by molar-refractivity contribution is -0.384. The molecule has 14 heteroatoms. The number of fused-ring (bicyclic) bond motifs is 3. The average molecular weight is 929 g/mol. The number of oxime groups is 1. The standard InChI is InChI=1S/C54H64N4O10/c1-3-5-31-65-53(61)57(36-41-16-12-15-39-13-6-7-17-44(39)41)50-35-48(55-67-37-38-19-21-42(22-20-38)58(62)63)46-33-40(14-8-10-28-59)45(18-9-11-29-60)51-47-34-43(64-32-27-56-25-26-56)23-24-49(47)68-54(50,52(46)51)66-30-4-2/h3-4,6-7,12-13,15-17,19-24,33-34,40,45,50-52,59-60H,1-2,5,8-11,14,18,25-32,35-37H2. The van der Waals surface area contributed by atoms with Crippen LogP contribution >= 0.6 is 0 Å². The van der Waals surface area contributed by atoms with E-state index in [0.717, 1.165) is 78.5 Å². The highest BCUT2D eigenvalue weighted by Gasteiger charge is 2.65. The number of benzene rings is 4. The molecule has 2 N–H and O–H groups in total. The van der Waals surface area contributed by atoms with Gasteiger partial charge in [-0.1, -0.05) is 78.7 Å². The predicted octanol–water partition coefficient (Wildman–Crippen LogP) is 9.49. The fraction of sp³-hybridized carbons (Fsp3) is 0.444. The van der Waals surface area contributed by atoms with Crippen LogP contribution in [0.3, 0.4) is 0 Å². The summed E-state index contributed by atoms with van der Waals surface area (Å²) in [7, 11) is 0. The minimum Gasteiger partial charge on any atom is -0.492 e. The first-order valence-corrected chi connectivity index (χ1v) is 24.1. The molecule has 6 unspecified atom stereocenters. The molecule has 0 radical (unpaired) electrons. The Kier molecular flexibility index (Phi) is 16.2. The number of rotatable bonds is 25. The Labute approximate surface area is 398 Å². The second-order valence-electron chi connectivity index (χ2n) is 18.1. The number of unbranched alkanes of at least 4 members (excludes halogenated alkanes) is 2. The van der Waals surface area contributed by atoms with Crippen LogP contribution in [0.25, 0.3) is 10.8 Å². The minimum absolute atomic E-state index is 0.0169. The molecule has 2 aliphatic carbocycles. The Hall–Kier alpha value is -6.06. The maximum Gasteiger partial charge on any atom is 0.410 e. The molecule has 1 saturated heterocycles. The first kappa shape index (κ1) is 48.4. The molecule has 0 bridgehead atoms. The number of carbonyl (C=O) groups is 1. The SMILES string of the molecule is C=CCCOC(=O)N(Cc1cccc2ccccc12)C1CC(=NOCc2ccc([N+](=O)[O-])cc2)C2=CC(CCCCO)C(CCCCO)C3c4cc(OCCN5CC5)ccc4OC1(OCC=C)C23. The van der Waals surface area contributed by atoms with E-state index in [1.807, 2.05) is 48.5 Å². The van der Waals surface area contributed by atoms with Crippen LogP contribution in [0.1, 0.15) is 74.0 Å². The number of nitrogens with zero attached hydrogens (tertiary/aromatic N) is 4. The van der Waals surface area contributed by atoms with Gasteiger partial charge in [0.2, 0.25) is 5.79 Å². The highest BCUT2D eigenvalue weighted by Crippen LogP contribution is 2.62. The van der Waals surface area contributed by atoms with Crippen molar-refractivity contribution >= 4 is 28.3 Å². The Balaban J connectivity index is 1.32. The van der Waals surface area contributed by atoms with Crippen LogP contribution in [-0.2, 0) is 27.5 Å². The Bertz CT molecular complexity index is 2450. The lowest BCUT2D eigenvalue weighted by Crippen LogP contribution is -2.70. The molecule has 0 spiro atoms. The number of ether oxygens (including phenoxy) is 4. The van der Waals surface area contributed by atoms with Gasteiger partial charge in [0.05, 0.1) is 36.3 Å². The summed E-state index contributed by atoms with van der Waals surface area (Å²) in [5.74, 6) is -0.914. The number of aliphatic hydroxyl groups excluding tert-OH is 2. The van der Waals surface area contributed by atoms with Gasteiger partial charge in [-0.2, -0.15) is 0 Å². The van der Waals surface area contributed by atoms with Crippen LogP contribution in [0, 0.1) is 27.9 Å². The maximum absolute atomic E-state index is 15.0. The summed E-state index contributed by atoms with van der Waals surface area (Å²) in [4.78, 5) is 36.3. The van der Waals surface area contributed by atoms with Crippen molar-refractivity contribution in [3.8, 4) is 11.5 Å². The quantitative estimate of drug-likeness (QED) is 0.0214. The van der Waals surface area contributed by atoms with Gasteiger partial charge in [-0.05, 0) is 102 Å². The average Bonchev–Trinajstić information content (AvgIpc) is 4.19. The highest BCUT2D eigenvalue weighted by molar-refractivity contribution is 6.03. The predicted molar refractivity (Wildman–Crippen MR) is 260 cm³/mol. The molecule has 14 nitrogen and oxygen atoms in total. The van der Waals surface area contributed by atoms with Gasteiger partial charge in [0.25, 0.3) is 5.69 Å². The van der Waals surface area contributed by atoms with Crippen LogP contribution in [0.15, 0.2) is 127 Å². The lowest BCUT2D eigenvalue weighted by Gasteiger charge is -2.60. The summed E-state index contributed by atoms with van der Waals surface area (Å²) in [6.07, 6.45) is 10.2. The Morgan fingerprint density at radius 1 is 0.956 bits per heavy atom. The van der Waals surface area contributed by atoms with E-state index >= 15 is 0 Å². The summed E-state index contributed by atoms with van der Waals surface area (Å²) >= 11 is 0. The number of non-ortho nitro benzene ring substituents is 1. The fourth-order valence-corrected chi connectivity index (χ4v) is 10.5. The van der Waals surface area contributed by atoms with Crippen molar-refractivity contribution in [3.63, 3.8) is 0 Å². The second kappa shape index (κ2) is 22.8. The first-order valence-electron chi connectivity index (χ1n) is 24.1. The van der Waals surface area contributed by atoms with Gasteiger partial charge >= 0.3 is 6.09 Å². The van der Waals surface area contributed by atoms with E-state index in [1.54, 1.807) is 29.2 Å². The minimum atomic E-state index is -1.51. The topological polar surface area (TPSA) is 165 Å². The number of nitro groups is 1. The zero-order chi connectivity index (χ0) is 47.5. The third-order valence-electron chi connectivity index (χ3n) is 13.8. The van der Waals surface area contributed by atoms with Gasteiger partial charge in [-0.25, -0.2) is 4.79 Å². The molecule has 1 amide bonds. The molecular weight excluding hydrogens is 865 g/mol. The van der Waals surface area contributed by atoms with Crippen LogP contribution in [0.5, 0.6) is 11.5 Å². The second-order valence-corrected chi connectivity index (χ2v) is 18.1. The monoisotopic (exact) mass is 928 g/mol. The van der Waals surface area contributed by atoms with Gasteiger partial charge in [-0.15, -0.1) is 13.2 Å². The van der Waals surface area contributed by atoms with Crippen molar-refractivity contribution in [2.24, 2.45) is 22.9 Å². The first-order chi connectivity index (χ1) is 33.3. The summed E-state index contributed by atoms with van der Waals surface area (Å²) in [5, 5.41) is 38.5. The fourth-order valence-electron chi connectivity index (χ4n) is 10.5. The van der Waals surface area contributed by atoms with Crippen molar-refractivity contribution in [2.75, 3.05) is 52.7 Å². The van der Waals surface area contributed by atoms with Gasteiger partial charge in [-0.3, -0.25) is 19.9 Å². The van der Waals surface area contributed by atoms with E-state index in [1.165, 1.54) is 12.1 Å². The van der Waals surface area contributed by atoms with E-state index in [9.17, 15) is 25.1 Å². The molecule has 8 rings (SSSR count). The molecule has 0 aromatic heterocycles. The van der Waals surface area contributed by atoms with Crippen LogP contribution < -0.4 is 9.47 Å². The highest BCUT2D eigenvalue weighted by atomic mass is 16.7. The largest absolute Gasteiger partial charge is 0.492 e. The molecule has 4 aromatic rings. The summed E-state index contributed by atoms with van der Waals surface area (Å²) < 4.78 is 27.2. The van der Waals surface area contributed by atoms with Gasteiger partial charge < -0.3 is 34.0 Å². The Morgan fingerprint density at radius 3 is 2.49 bits per heavy atom. The molecule has 1 saturated carbocycles. The van der Waals surface area contributed by atoms with Crippen LogP contribution in [-0.4, -0.2) is 101 Å². The zero-order valence-corrected chi connectivity index (χ0v) is 38.8. The van der Waals surface area contributed by atoms with E-state index in [2.05, 4.69) is 36.3 Å². The third-order valence-corrected chi connectivity index (χ3v) is 13.8. The molecule has 4 aromatic carbocycles. The lowest BCUT2D eigenvalue weighted by atomic mass is 9.55. The van der Waals surface area contributed by atoms with Crippen LogP contribution in [0.2, 0.25) is 0 Å². The summed E-state index contributed by atoms with van der Waals surface area (Å²) in [6, 6.07) is 25.5. The van der Waals surface area contributed by atoms with E-state index in [4.69, 9.17) is 28.9 Å². The van der Waals surface area contributed by atoms with E-state index < -0.39 is 28.8 Å². The molecule has 2 fully saturated rings. The van der Waals surface area contributed by atoms with E-state index in [-0.39, 0.29) is 69.4 Å². The maximum atomic E-state index is 15.0. The zero-order valence-electron chi connectivity index (χ0n) is 38.8. The smallest absolute Gasteiger partial charge is 0.410 e. The van der Waals surface area contributed by atoms with Gasteiger partial charge in [0.1, 0.15) is 30.8 Å². The van der Waals surface area contributed by atoms with Crippen molar-refractivity contribution in [1.29, 1.82) is 0 Å². The molecule has 6 atom stereocenters. The number of amides is 1. The van der Waals surface area contributed by atoms with Gasteiger partial charge in [0, 0.05) is 62.9 Å². The Morgan fingerprint density at radius 2 is 1.74 bits per heavy atom. The molecular formula is C54H64N4O10. The molecule has 68 heavy (non-hydrogen) atoms. The van der Waals surface area contributed by atoms with Crippen molar-refractivity contribution < 1.29 is 43.7 Å². The molecule has 2 aliphatic heterocycles. The van der Waals surface area contributed by atoms with Crippen molar-refractivity contribution in [1.82, 2.24) is 9.80 Å². The van der Waals surface area contributed by atoms with E-state index in [0.29, 0.717) is 42.9 Å². The molecule has 360 valence electrons. The third kappa shape index (κ3) is 10.9. The summed E-state index contributed by atoms with van der Waals surface area (Å²) in [5.41, 5.74) is 4.04. The van der Waals surface area contributed by atoms with Crippen LogP contribution in [0.4, 0.5) is 10.5 Å². The number of aliphatic hydroxyl groups is 2.